The van der Waals surface area contributed by atoms with Crippen LogP contribution in [0, 0.1) is 12.3 Å². The molecular formula is C18H16Cl2N4O7. The van der Waals surface area contributed by atoms with Crippen LogP contribution in [0.5, 0.6) is 0 Å². The molecule has 0 amide bonds. The molecule has 0 aromatic carbocycles. The molecular weight excluding hydrogens is 455 g/mol. The summed E-state index contributed by atoms with van der Waals surface area (Å²) in [6.07, 6.45) is 0.868. The second kappa shape index (κ2) is 9.05. The van der Waals surface area contributed by atoms with Crippen LogP contribution in [-0.4, -0.2) is 61.8 Å². The molecule has 0 N–H and O–H groups in total. The third-order valence-corrected chi connectivity index (χ3v) is 4.64. The fourth-order valence-corrected chi connectivity index (χ4v) is 3.61. The van der Waals surface area contributed by atoms with Crippen molar-refractivity contribution >= 4 is 52.3 Å². The first-order chi connectivity index (χ1) is 14.6. The molecule has 5 unspecified atom stereocenters. The number of nitrogens with zero attached hydrogens (tertiary/aromatic N) is 4. The van der Waals surface area contributed by atoms with Gasteiger partial charge in [0.25, 0.3) is 0 Å². The van der Waals surface area contributed by atoms with Gasteiger partial charge in [-0.05, 0) is 11.6 Å². The van der Waals surface area contributed by atoms with Gasteiger partial charge in [-0.25, -0.2) is 9.97 Å². The molecule has 0 bridgehead atoms. The van der Waals surface area contributed by atoms with E-state index in [1.54, 1.807) is 0 Å². The van der Waals surface area contributed by atoms with E-state index in [2.05, 4.69) is 20.9 Å². The minimum atomic E-state index is -1.25. The van der Waals surface area contributed by atoms with Crippen LogP contribution in [0.4, 0.5) is 0 Å². The Labute approximate surface area is 185 Å². The first kappa shape index (κ1) is 22.7. The maximum Gasteiger partial charge on any atom is 0.303 e. The summed E-state index contributed by atoms with van der Waals surface area (Å²) in [6, 6.07) is 0. The van der Waals surface area contributed by atoms with Crippen LogP contribution >= 0.6 is 23.2 Å². The summed E-state index contributed by atoms with van der Waals surface area (Å²) < 4.78 is 23.2. The van der Waals surface area contributed by atoms with E-state index in [1.165, 1.54) is 17.8 Å². The minimum Gasteiger partial charge on any atom is -0.455 e. The fraction of sp³-hybridized carbons (Fsp3) is 0.444. The zero-order chi connectivity index (χ0) is 22.9. The number of esters is 3. The van der Waals surface area contributed by atoms with Gasteiger partial charge in [-0.3, -0.25) is 19.0 Å². The smallest absolute Gasteiger partial charge is 0.303 e. The second-order valence-electron chi connectivity index (χ2n) is 6.44. The number of aromatic nitrogens is 4. The number of rotatable bonds is 5. The zero-order valence-electron chi connectivity index (χ0n) is 16.4. The van der Waals surface area contributed by atoms with Crippen molar-refractivity contribution in [1.29, 1.82) is 0 Å². The Morgan fingerprint density at radius 1 is 1.13 bits per heavy atom. The Morgan fingerprint density at radius 3 is 2.35 bits per heavy atom. The number of hydrogen-bond donors (Lipinski definition) is 0. The number of fused-ring (bicyclic) bond motifs is 1. The van der Waals surface area contributed by atoms with Crippen LogP contribution in [-0.2, 0) is 33.3 Å². The summed E-state index contributed by atoms with van der Waals surface area (Å²) in [5, 5.41) is -0.166. The SMILES string of the molecule is C#CC(OC(C)=O)C1OC(n2cnc3c(Cl)nc(Cl)nc32)C(OC(C)=O)C1OC(C)=O. The molecule has 3 rings (SSSR count). The Hall–Kier alpha value is -2.94. The Balaban J connectivity index is 2.12. The van der Waals surface area contributed by atoms with Crippen molar-refractivity contribution in [1.82, 2.24) is 19.5 Å². The number of halogens is 2. The molecule has 13 heteroatoms. The van der Waals surface area contributed by atoms with Crippen LogP contribution in [0.25, 0.3) is 11.2 Å². The van der Waals surface area contributed by atoms with Gasteiger partial charge in [0.05, 0.1) is 6.33 Å². The summed E-state index contributed by atoms with van der Waals surface area (Å²) in [5.74, 6) is 0.221. The molecule has 31 heavy (non-hydrogen) atoms. The maximum atomic E-state index is 11.8. The summed E-state index contributed by atoms with van der Waals surface area (Å²) >= 11 is 12.0. The molecule has 11 nitrogen and oxygen atoms in total. The number of hydrogen-bond acceptors (Lipinski definition) is 10. The number of terminal acetylenes is 1. The second-order valence-corrected chi connectivity index (χ2v) is 7.14. The van der Waals surface area contributed by atoms with Gasteiger partial charge in [-0.15, -0.1) is 6.42 Å². The van der Waals surface area contributed by atoms with E-state index in [4.69, 9.17) is 48.6 Å². The van der Waals surface area contributed by atoms with Crippen molar-refractivity contribution in [2.75, 3.05) is 0 Å². The van der Waals surface area contributed by atoms with Gasteiger partial charge < -0.3 is 18.9 Å². The van der Waals surface area contributed by atoms with Gasteiger partial charge in [-0.1, -0.05) is 17.5 Å². The van der Waals surface area contributed by atoms with Crippen molar-refractivity contribution in [3.63, 3.8) is 0 Å². The van der Waals surface area contributed by atoms with Crippen molar-refractivity contribution < 1.29 is 33.3 Å². The average Bonchev–Trinajstić information content (AvgIpc) is 3.21. The van der Waals surface area contributed by atoms with Crippen LogP contribution in [0.3, 0.4) is 0 Å². The zero-order valence-corrected chi connectivity index (χ0v) is 18.0. The molecule has 0 saturated carbocycles. The molecule has 164 valence electrons. The quantitative estimate of drug-likeness (QED) is 0.208. The van der Waals surface area contributed by atoms with E-state index in [-0.39, 0.29) is 21.6 Å². The summed E-state index contributed by atoms with van der Waals surface area (Å²) in [4.78, 5) is 47.1. The fourth-order valence-electron chi connectivity index (χ4n) is 3.19. The van der Waals surface area contributed by atoms with Gasteiger partial charge in [0.1, 0.15) is 11.6 Å². The Bertz CT molecular complexity index is 1080. The third-order valence-electron chi connectivity index (χ3n) is 4.21. The molecule has 1 fully saturated rings. The summed E-state index contributed by atoms with van der Waals surface area (Å²) in [6.45, 7) is 3.48. The van der Waals surface area contributed by atoms with E-state index < -0.39 is 48.6 Å². The van der Waals surface area contributed by atoms with E-state index in [0.717, 1.165) is 13.8 Å². The van der Waals surface area contributed by atoms with Crippen molar-refractivity contribution in [2.24, 2.45) is 0 Å². The lowest BCUT2D eigenvalue weighted by Crippen LogP contribution is -2.44. The monoisotopic (exact) mass is 470 g/mol. The largest absolute Gasteiger partial charge is 0.455 e. The average molecular weight is 471 g/mol. The van der Waals surface area contributed by atoms with E-state index in [9.17, 15) is 14.4 Å². The van der Waals surface area contributed by atoms with Crippen molar-refractivity contribution in [2.45, 2.75) is 51.4 Å². The molecule has 0 spiro atoms. The topological polar surface area (TPSA) is 132 Å². The van der Waals surface area contributed by atoms with E-state index >= 15 is 0 Å². The first-order valence-corrected chi connectivity index (χ1v) is 9.56. The highest BCUT2D eigenvalue weighted by molar-refractivity contribution is 6.35. The lowest BCUT2D eigenvalue weighted by Gasteiger charge is -2.25. The van der Waals surface area contributed by atoms with Gasteiger partial charge in [0.2, 0.25) is 5.28 Å². The predicted octanol–water partition coefficient (Wildman–Crippen LogP) is 1.46. The Kier molecular flexibility index (Phi) is 6.64. The van der Waals surface area contributed by atoms with Crippen LogP contribution in [0.2, 0.25) is 10.4 Å². The first-order valence-electron chi connectivity index (χ1n) is 8.81. The van der Waals surface area contributed by atoms with Crippen molar-refractivity contribution in [3.05, 3.63) is 16.8 Å². The molecule has 1 aliphatic heterocycles. The molecule has 0 radical (unpaired) electrons. The molecule has 0 aliphatic carbocycles. The molecule has 1 aliphatic rings. The molecule has 1 saturated heterocycles. The van der Waals surface area contributed by atoms with Crippen LogP contribution in [0.15, 0.2) is 6.33 Å². The van der Waals surface area contributed by atoms with Gasteiger partial charge in [-0.2, -0.15) is 4.98 Å². The van der Waals surface area contributed by atoms with E-state index in [1.807, 2.05) is 0 Å². The van der Waals surface area contributed by atoms with Gasteiger partial charge in [0.15, 0.2) is 35.3 Å². The normalized spacial score (nSPS) is 23.7. The lowest BCUT2D eigenvalue weighted by molar-refractivity contribution is -0.167. The highest BCUT2D eigenvalue weighted by atomic mass is 35.5. The van der Waals surface area contributed by atoms with Gasteiger partial charge in [0, 0.05) is 20.8 Å². The Morgan fingerprint density at radius 2 is 1.77 bits per heavy atom. The van der Waals surface area contributed by atoms with Gasteiger partial charge >= 0.3 is 17.9 Å². The molecule has 5 atom stereocenters. The van der Waals surface area contributed by atoms with Crippen LogP contribution in [0.1, 0.15) is 27.0 Å². The van der Waals surface area contributed by atoms with E-state index in [0.29, 0.717) is 0 Å². The highest BCUT2D eigenvalue weighted by Gasteiger charge is 2.54. The maximum absolute atomic E-state index is 11.8. The molecule has 2 aromatic heterocycles. The summed E-state index contributed by atoms with van der Waals surface area (Å²) in [7, 11) is 0. The number of ether oxygens (including phenoxy) is 4. The highest BCUT2D eigenvalue weighted by Crippen LogP contribution is 2.38. The molecule has 2 aromatic rings. The lowest BCUT2D eigenvalue weighted by atomic mass is 10.0. The number of carbonyl (C=O) groups excluding carboxylic acids is 3. The number of carbonyl (C=O) groups is 3. The predicted molar refractivity (Wildman–Crippen MR) is 105 cm³/mol. The molecule has 3 heterocycles. The minimum absolute atomic E-state index is 0.00900. The third kappa shape index (κ3) is 4.71. The van der Waals surface area contributed by atoms with Crippen LogP contribution < -0.4 is 0 Å². The van der Waals surface area contributed by atoms with Crippen molar-refractivity contribution in [3.8, 4) is 12.3 Å². The summed E-state index contributed by atoms with van der Waals surface area (Å²) in [5.41, 5.74) is 0.372. The standard InChI is InChI=1S/C18H16Cl2N4O7/c1-5-10(28-7(2)25)12-13(29-8(3)26)14(30-9(4)27)17(31-12)24-6-21-11-15(19)22-18(20)23-16(11)24/h1,6,10,12-14,17H,2-4H3. The number of imidazole rings is 1.